The van der Waals surface area contributed by atoms with Crippen LogP contribution in [0.4, 0.5) is 0 Å². The van der Waals surface area contributed by atoms with Crippen molar-refractivity contribution in [2.24, 2.45) is 0 Å². The van der Waals surface area contributed by atoms with Crippen molar-refractivity contribution in [3.8, 4) is 11.4 Å². The molecule has 1 heterocycles. The second-order valence-corrected chi connectivity index (χ2v) is 4.17. The Hall–Kier alpha value is -2.21. The molecular formula is C13H14N2O4. The van der Waals surface area contributed by atoms with E-state index >= 15 is 0 Å². The van der Waals surface area contributed by atoms with Gasteiger partial charge in [0.05, 0.1) is 0 Å². The summed E-state index contributed by atoms with van der Waals surface area (Å²) in [6.45, 7) is 3.42. The number of hydrogen-bond acceptors (Lipinski definition) is 5. The van der Waals surface area contributed by atoms with Gasteiger partial charge in [0.1, 0.15) is 6.61 Å². The predicted molar refractivity (Wildman–Crippen MR) is 66.4 cm³/mol. The average Bonchev–Trinajstić information content (AvgIpc) is 2.85. The minimum atomic E-state index is -1.03. The first-order valence-electron chi connectivity index (χ1n) is 5.80. The van der Waals surface area contributed by atoms with E-state index in [2.05, 4.69) is 10.1 Å². The third-order valence-corrected chi connectivity index (χ3v) is 2.58. The summed E-state index contributed by atoms with van der Waals surface area (Å²) >= 11 is 0. The number of aromatic nitrogens is 2. The Labute approximate surface area is 110 Å². The van der Waals surface area contributed by atoms with Crippen molar-refractivity contribution in [1.82, 2.24) is 10.1 Å². The fourth-order valence-electron chi connectivity index (χ4n) is 1.40. The van der Waals surface area contributed by atoms with E-state index in [0.717, 1.165) is 11.1 Å². The molecule has 2 aromatic rings. The minimum Gasteiger partial charge on any atom is -0.479 e. The molecule has 2 rings (SSSR count). The van der Waals surface area contributed by atoms with Crippen LogP contribution in [-0.2, 0) is 16.1 Å². The third-order valence-electron chi connectivity index (χ3n) is 2.58. The molecule has 0 saturated heterocycles. The fraction of sp³-hybridized carbons (Fsp3) is 0.308. The van der Waals surface area contributed by atoms with Gasteiger partial charge in [0.15, 0.2) is 6.10 Å². The Morgan fingerprint density at radius 2 is 2.11 bits per heavy atom. The van der Waals surface area contributed by atoms with E-state index in [9.17, 15) is 4.79 Å². The minimum absolute atomic E-state index is 0.0215. The lowest BCUT2D eigenvalue weighted by molar-refractivity contribution is -0.150. The zero-order chi connectivity index (χ0) is 13.8. The molecule has 100 valence electrons. The number of aliphatic carboxylic acids is 1. The first-order chi connectivity index (χ1) is 9.06. The van der Waals surface area contributed by atoms with Crippen LogP contribution in [-0.4, -0.2) is 27.3 Å². The second kappa shape index (κ2) is 5.62. The molecule has 19 heavy (non-hydrogen) atoms. The molecule has 0 aliphatic carbocycles. The molecule has 1 aromatic heterocycles. The molecule has 1 atom stereocenters. The number of hydrogen-bond donors (Lipinski definition) is 1. The quantitative estimate of drug-likeness (QED) is 0.887. The van der Waals surface area contributed by atoms with Crippen molar-refractivity contribution in [3.05, 3.63) is 35.7 Å². The van der Waals surface area contributed by atoms with Crippen molar-refractivity contribution >= 4 is 5.97 Å². The van der Waals surface area contributed by atoms with Gasteiger partial charge in [0.25, 0.3) is 5.89 Å². The largest absolute Gasteiger partial charge is 0.479 e. The summed E-state index contributed by atoms with van der Waals surface area (Å²) in [5, 5.41) is 12.5. The van der Waals surface area contributed by atoms with Crippen LogP contribution in [0.5, 0.6) is 0 Å². The standard InChI is InChI=1S/C13H14N2O4/c1-8-3-5-10(6-4-8)12-14-11(19-15-12)7-18-9(2)13(16)17/h3-6,9H,7H2,1-2H3,(H,16,17)/t9-/m0/s1. The van der Waals surface area contributed by atoms with E-state index < -0.39 is 12.1 Å². The zero-order valence-electron chi connectivity index (χ0n) is 10.7. The predicted octanol–water partition coefficient (Wildman–Crippen LogP) is 2.03. The smallest absolute Gasteiger partial charge is 0.332 e. The van der Waals surface area contributed by atoms with Gasteiger partial charge in [-0.05, 0) is 13.8 Å². The molecule has 0 fully saturated rings. The van der Waals surface area contributed by atoms with Crippen molar-refractivity contribution in [2.75, 3.05) is 0 Å². The summed E-state index contributed by atoms with van der Waals surface area (Å²) in [7, 11) is 0. The molecule has 0 aliphatic rings. The molecule has 0 aliphatic heterocycles. The number of nitrogens with zero attached hydrogens (tertiary/aromatic N) is 2. The normalized spacial score (nSPS) is 12.3. The van der Waals surface area contributed by atoms with Crippen LogP contribution in [0.2, 0.25) is 0 Å². The van der Waals surface area contributed by atoms with Gasteiger partial charge >= 0.3 is 5.97 Å². The Morgan fingerprint density at radius 1 is 1.42 bits per heavy atom. The topological polar surface area (TPSA) is 85.5 Å². The van der Waals surface area contributed by atoms with Crippen LogP contribution in [0.15, 0.2) is 28.8 Å². The van der Waals surface area contributed by atoms with Crippen LogP contribution < -0.4 is 0 Å². The Morgan fingerprint density at radius 3 is 2.74 bits per heavy atom. The van der Waals surface area contributed by atoms with E-state index in [1.54, 1.807) is 0 Å². The summed E-state index contributed by atoms with van der Waals surface area (Å²) < 4.78 is 10.1. The van der Waals surface area contributed by atoms with Crippen LogP contribution in [0.25, 0.3) is 11.4 Å². The van der Waals surface area contributed by atoms with Gasteiger partial charge in [-0.15, -0.1) is 0 Å². The molecule has 0 unspecified atom stereocenters. The lowest BCUT2D eigenvalue weighted by atomic mass is 10.1. The molecule has 0 spiro atoms. The van der Waals surface area contributed by atoms with Crippen LogP contribution in [0.1, 0.15) is 18.4 Å². The van der Waals surface area contributed by atoms with Gasteiger partial charge in [-0.2, -0.15) is 4.98 Å². The lowest BCUT2D eigenvalue weighted by Gasteiger charge is -2.04. The molecule has 0 saturated carbocycles. The highest BCUT2D eigenvalue weighted by Crippen LogP contribution is 2.16. The third kappa shape index (κ3) is 3.38. The SMILES string of the molecule is Cc1ccc(-c2noc(CO[C@@H](C)C(=O)O)n2)cc1. The number of rotatable bonds is 5. The zero-order valence-corrected chi connectivity index (χ0v) is 10.7. The maximum atomic E-state index is 10.6. The highest BCUT2D eigenvalue weighted by molar-refractivity contribution is 5.71. The Kier molecular flexibility index (Phi) is 3.91. The number of aryl methyl sites for hydroxylation is 1. The van der Waals surface area contributed by atoms with Crippen LogP contribution in [0, 0.1) is 6.92 Å². The van der Waals surface area contributed by atoms with E-state index in [0.29, 0.717) is 5.82 Å². The van der Waals surface area contributed by atoms with Gasteiger partial charge in [0.2, 0.25) is 5.82 Å². The van der Waals surface area contributed by atoms with Crippen molar-refractivity contribution in [3.63, 3.8) is 0 Å². The molecule has 1 aromatic carbocycles. The number of benzene rings is 1. The van der Waals surface area contributed by atoms with E-state index in [1.165, 1.54) is 6.92 Å². The summed E-state index contributed by atoms with van der Waals surface area (Å²) in [5.74, 6) is -0.316. The van der Waals surface area contributed by atoms with Gasteiger partial charge < -0.3 is 14.4 Å². The Bertz CT molecular complexity index is 562. The van der Waals surface area contributed by atoms with E-state index in [4.69, 9.17) is 14.4 Å². The molecule has 0 amide bonds. The first kappa shape index (κ1) is 13.2. The van der Waals surface area contributed by atoms with E-state index in [-0.39, 0.29) is 12.5 Å². The van der Waals surface area contributed by atoms with Crippen molar-refractivity contribution < 1.29 is 19.2 Å². The average molecular weight is 262 g/mol. The van der Waals surface area contributed by atoms with Crippen molar-refractivity contribution in [1.29, 1.82) is 0 Å². The molecule has 6 heteroatoms. The summed E-state index contributed by atoms with van der Waals surface area (Å²) in [6, 6.07) is 7.69. The number of ether oxygens (including phenoxy) is 1. The number of carboxylic acid groups (broad SMARTS) is 1. The molecule has 1 N–H and O–H groups in total. The molecular weight excluding hydrogens is 248 g/mol. The highest BCUT2D eigenvalue weighted by atomic mass is 16.5. The maximum Gasteiger partial charge on any atom is 0.332 e. The molecule has 6 nitrogen and oxygen atoms in total. The summed E-state index contributed by atoms with van der Waals surface area (Å²) in [6.07, 6.45) is -0.908. The van der Waals surface area contributed by atoms with Gasteiger partial charge in [-0.1, -0.05) is 35.0 Å². The van der Waals surface area contributed by atoms with Gasteiger partial charge in [-0.25, -0.2) is 4.79 Å². The number of carbonyl (C=O) groups is 1. The second-order valence-electron chi connectivity index (χ2n) is 4.17. The lowest BCUT2D eigenvalue weighted by Crippen LogP contribution is -2.19. The van der Waals surface area contributed by atoms with Crippen LogP contribution in [0.3, 0.4) is 0 Å². The monoisotopic (exact) mass is 262 g/mol. The van der Waals surface area contributed by atoms with Crippen molar-refractivity contribution in [2.45, 2.75) is 26.6 Å². The van der Waals surface area contributed by atoms with Crippen LogP contribution >= 0.6 is 0 Å². The first-order valence-corrected chi connectivity index (χ1v) is 5.80. The fourth-order valence-corrected chi connectivity index (χ4v) is 1.40. The van der Waals surface area contributed by atoms with E-state index in [1.807, 2.05) is 31.2 Å². The highest BCUT2D eigenvalue weighted by Gasteiger charge is 2.14. The molecule has 0 bridgehead atoms. The maximum absolute atomic E-state index is 10.6. The molecule has 0 radical (unpaired) electrons. The Balaban J connectivity index is 2.03. The summed E-state index contributed by atoms with van der Waals surface area (Å²) in [5.41, 5.74) is 1.98. The van der Waals surface area contributed by atoms with Gasteiger partial charge in [0, 0.05) is 5.56 Å². The van der Waals surface area contributed by atoms with Gasteiger partial charge in [-0.3, -0.25) is 0 Å². The number of carboxylic acids is 1. The summed E-state index contributed by atoms with van der Waals surface area (Å²) in [4.78, 5) is 14.7.